The summed E-state index contributed by atoms with van der Waals surface area (Å²) in [5.41, 5.74) is 5.99. The number of nitrogens with one attached hydrogen (secondary N) is 1. The zero-order valence-electron chi connectivity index (χ0n) is 9.52. The van der Waals surface area contributed by atoms with E-state index in [0.717, 1.165) is 13.0 Å². The fourth-order valence-corrected chi connectivity index (χ4v) is 2.08. The maximum absolute atomic E-state index is 5.99. The van der Waals surface area contributed by atoms with Gasteiger partial charge in [-0.1, -0.05) is 6.42 Å². The smallest absolute Gasteiger partial charge is 0.225 e. The number of methoxy groups -OCH3 is 1. The van der Waals surface area contributed by atoms with Crippen LogP contribution < -0.4 is 15.8 Å². The van der Waals surface area contributed by atoms with Crippen molar-refractivity contribution in [3.63, 3.8) is 0 Å². The second-order valence-corrected chi connectivity index (χ2v) is 4.16. The van der Waals surface area contributed by atoms with E-state index in [0.29, 0.717) is 23.8 Å². The molecule has 1 heterocycles. The number of anilines is 1. The summed E-state index contributed by atoms with van der Waals surface area (Å²) < 4.78 is 5.03. The van der Waals surface area contributed by atoms with Gasteiger partial charge < -0.3 is 15.8 Å². The third kappa shape index (κ3) is 2.61. The molecule has 5 heteroatoms. The monoisotopic (exact) mass is 222 g/mol. The maximum atomic E-state index is 5.99. The Hall–Kier alpha value is -1.36. The Morgan fingerprint density at radius 1 is 1.56 bits per heavy atom. The van der Waals surface area contributed by atoms with Crippen LogP contribution in [-0.2, 0) is 0 Å². The highest BCUT2D eigenvalue weighted by molar-refractivity contribution is 5.27. The summed E-state index contributed by atoms with van der Waals surface area (Å²) >= 11 is 0. The highest BCUT2D eigenvalue weighted by Gasteiger charge is 2.23. The van der Waals surface area contributed by atoms with Crippen molar-refractivity contribution in [2.75, 3.05) is 19.0 Å². The molecular weight excluding hydrogens is 204 g/mol. The first-order valence-corrected chi connectivity index (χ1v) is 5.66. The fraction of sp³-hybridized carbons (Fsp3) is 0.636. The van der Waals surface area contributed by atoms with E-state index in [9.17, 15) is 0 Å². The highest BCUT2D eigenvalue weighted by atomic mass is 16.5. The topological polar surface area (TPSA) is 73.1 Å². The van der Waals surface area contributed by atoms with Gasteiger partial charge in [0.15, 0.2) is 0 Å². The lowest BCUT2D eigenvalue weighted by molar-refractivity contribution is 0.397. The van der Waals surface area contributed by atoms with Gasteiger partial charge in [0.25, 0.3) is 0 Å². The lowest BCUT2D eigenvalue weighted by atomic mass is 10.1. The molecule has 16 heavy (non-hydrogen) atoms. The van der Waals surface area contributed by atoms with Crippen LogP contribution in [0.4, 0.5) is 5.95 Å². The van der Waals surface area contributed by atoms with Crippen molar-refractivity contribution in [2.24, 2.45) is 11.7 Å². The van der Waals surface area contributed by atoms with Crippen LogP contribution in [0.2, 0.25) is 0 Å². The van der Waals surface area contributed by atoms with Crippen LogP contribution in [0, 0.1) is 5.92 Å². The van der Waals surface area contributed by atoms with Crippen LogP contribution in [-0.4, -0.2) is 29.7 Å². The van der Waals surface area contributed by atoms with Gasteiger partial charge in [0, 0.05) is 24.8 Å². The predicted molar refractivity (Wildman–Crippen MR) is 62.4 cm³/mol. The number of hydrogen-bond acceptors (Lipinski definition) is 5. The van der Waals surface area contributed by atoms with Crippen LogP contribution in [0.25, 0.3) is 0 Å². The quantitative estimate of drug-likeness (QED) is 0.795. The third-order valence-corrected chi connectivity index (χ3v) is 3.08. The van der Waals surface area contributed by atoms with E-state index in [1.807, 2.05) is 0 Å². The zero-order valence-corrected chi connectivity index (χ0v) is 9.52. The third-order valence-electron chi connectivity index (χ3n) is 3.08. The predicted octanol–water partition coefficient (Wildman–Crippen LogP) is 1.02. The molecule has 3 N–H and O–H groups in total. The van der Waals surface area contributed by atoms with Crippen molar-refractivity contribution in [2.45, 2.75) is 25.3 Å². The lowest BCUT2D eigenvalue weighted by Gasteiger charge is -2.15. The Morgan fingerprint density at radius 3 is 3.12 bits per heavy atom. The molecule has 88 valence electrons. The molecule has 2 atom stereocenters. The summed E-state index contributed by atoms with van der Waals surface area (Å²) in [7, 11) is 1.60. The molecule has 2 rings (SSSR count). The Kier molecular flexibility index (Phi) is 3.56. The Balaban J connectivity index is 1.88. The number of aromatic nitrogens is 2. The van der Waals surface area contributed by atoms with Crippen molar-refractivity contribution in [1.29, 1.82) is 0 Å². The van der Waals surface area contributed by atoms with Gasteiger partial charge in [-0.25, -0.2) is 4.98 Å². The molecule has 0 aromatic carbocycles. The van der Waals surface area contributed by atoms with Crippen LogP contribution in [0.1, 0.15) is 19.3 Å². The first-order chi connectivity index (χ1) is 7.79. The SMILES string of the molecule is COc1ccnc(NCC2CCCC2N)n1. The Morgan fingerprint density at radius 2 is 2.44 bits per heavy atom. The van der Waals surface area contributed by atoms with E-state index in [-0.39, 0.29) is 0 Å². The van der Waals surface area contributed by atoms with Gasteiger partial charge in [0.2, 0.25) is 11.8 Å². The van der Waals surface area contributed by atoms with Crippen molar-refractivity contribution >= 4 is 5.95 Å². The van der Waals surface area contributed by atoms with Crippen LogP contribution in [0.15, 0.2) is 12.3 Å². The summed E-state index contributed by atoms with van der Waals surface area (Å²) in [6.07, 6.45) is 5.23. The van der Waals surface area contributed by atoms with E-state index in [4.69, 9.17) is 10.5 Å². The van der Waals surface area contributed by atoms with E-state index < -0.39 is 0 Å². The number of hydrogen-bond donors (Lipinski definition) is 2. The van der Waals surface area contributed by atoms with Crippen molar-refractivity contribution in [3.05, 3.63) is 12.3 Å². The summed E-state index contributed by atoms with van der Waals surface area (Å²) in [5.74, 6) is 1.72. The lowest BCUT2D eigenvalue weighted by Crippen LogP contribution is -2.29. The minimum absolute atomic E-state index is 0.318. The molecule has 2 unspecified atom stereocenters. The molecule has 0 radical (unpaired) electrons. The summed E-state index contributed by atoms with van der Waals surface area (Å²) in [5, 5.41) is 3.21. The summed E-state index contributed by atoms with van der Waals surface area (Å²) in [4.78, 5) is 8.32. The minimum Gasteiger partial charge on any atom is -0.481 e. The van der Waals surface area contributed by atoms with Gasteiger partial charge in [-0.15, -0.1) is 0 Å². The molecule has 1 fully saturated rings. The number of nitrogens with zero attached hydrogens (tertiary/aromatic N) is 2. The van der Waals surface area contributed by atoms with Gasteiger partial charge in [0.1, 0.15) is 0 Å². The number of nitrogens with two attached hydrogens (primary N) is 1. The average Bonchev–Trinajstić information content (AvgIpc) is 2.72. The second-order valence-electron chi connectivity index (χ2n) is 4.16. The molecule has 0 aliphatic heterocycles. The Labute approximate surface area is 95.4 Å². The fourth-order valence-electron chi connectivity index (χ4n) is 2.08. The van der Waals surface area contributed by atoms with Crippen molar-refractivity contribution in [3.8, 4) is 5.88 Å². The molecule has 5 nitrogen and oxygen atoms in total. The van der Waals surface area contributed by atoms with E-state index >= 15 is 0 Å². The van der Waals surface area contributed by atoms with Crippen LogP contribution in [0.5, 0.6) is 5.88 Å². The molecule has 1 saturated carbocycles. The van der Waals surface area contributed by atoms with Gasteiger partial charge in [0.05, 0.1) is 7.11 Å². The summed E-state index contributed by atoms with van der Waals surface area (Å²) in [6, 6.07) is 2.05. The molecule has 1 aromatic heterocycles. The molecule has 0 amide bonds. The molecule has 1 aliphatic rings. The second kappa shape index (κ2) is 5.12. The molecule has 1 aromatic rings. The molecular formula is C11H18N4O. The highest BCUT2D eigenvalue weighted by Crippen LogP contribution is 2.23. The van der Waals surface area contributed by atoms with E-state index in [1.165, 1.54) is 12.8 Å². The first-order valence-electron chi connectivity index (χ1n) is 5.66. The van der Waals surface area contributed by atoms with Crippen molar-refractivity contribution < 1.29 is 4.74 Å². The van der Waals surface area contributed by atoms with E-state index in [2.05, 4.69) is 15.3 Å². The van der Waals surface area contributed by atoms with Gasteiger partial charge in [-0.05, 0) is 18.8 Å². The first kappa shape index (κ1) is 11.1. The molecule has 0 spiro atoms. The summed E-state index contributed by atoms with van der Waals surface area (Å²) in [6.45, 7) is 0.842. The van der Waals surface area contributed by atoms with Crippen molar-refractivity contribution in [1.82, 2.24) is 9.97 Å². The molecule has 0 saturated heterocycles. The van der Waals surface area contributed by atoms with Gasteiger partial charge in [-0.3, -0.25) is 0 Å². The van der Waals surface area contributed by atoms with Crippen LogP contribution >= 0.6 is 0 Å². The minimum atomic E-state index is 0.318. The number of ether oxygens (including phenoxy) is 1. The van der Waals surface area contributed by atoms with Gasteiger partial charge in [-0.2, -0.15) is 4.98 Å². The molecule has 0 bridgehead atoms. The normalized spacial score (nSPS) is 24.4. The maximum Gasteiger partial charge on any atom is 0.225 e. The Bertz CT molecular complexity index is 345. The number of rotatable bonds is 4. The molecule has 1 aliphatic carbocycles. The van der Waals surface area contributed by atoms with Crippen LogP contribution in [0.3, 0.4) is 0 Å². The van der Waals surface area contributed by atoms with E-state index in [1.54, 1.807) is 19.4 Å². The standard InChI is InChI=1S/C11H18N4O/c1-16-10-5-6-13-11(15-10)14-7-8-3-2-4-9(8)12/h5-6,8-9H,2-4,7,12H2,1H3,(H,13,14,15). The van der Waals surface area contributed by atoms with Gasteiger partial charge >= 0.3 is 0 Å². The largest absolute Gasteiger partial charge is 0.481 e. The zero-order chi connectivity index (χ0) is 11.4. The average molecular weight is 222 g/mol.